The number of anilines is 2. The number of fused-ring (bicyclic) bond motifs is 1. The van der Waals surface area contributed by atoms with E-state index in [0.717, 1.165) is 9.86 Å². The number of hydrogen-bond acceptors (Lipinski definition) is 6. The molecule has 6 nitrogen and oxygen atoms in total. The fourth-order valence-electron chi connectivity index (χ4n) is 2.24. The van der Waals surface area contributed by atoms with E-state index < -0.39 is 0 Å². The van der Waals surface area contributed by atoms with Crippen molar-refractivity contribution in [1.29, 1.82) is 0 Å². The van der Waals surface area contributed by atoms with Crippen LogP contribution in [-0.2, 0) is 0 Å². The van der Waals surface area contributed by atoms with Crippen LogP contribution < -0.4 is 14.8 Å². The quantitative estimate of drug-likeness (QED) is 0.674. The predicted octanol–water partition coefficient (Wildman–Crippen LogP) is 3.86. The summed E-state index contributed by atoms with van der Waals surface area (Å²) in [5.41, 5.74) is 1.23. The molecule has 1 heterocycles. The number of nitrogens with one attached hydrogen (secondary N) is 1. The van der Waals surface area contributed by atoms with Crippen LogP contribution in [0.15, 0.2) is 41.1 Å². The van der Waals surface area contributed by atoms with Gasteiger partial charge < -0.3 is 19.9 Å². The number of benzene rings is 2. The number of rotatable bonds is 4. The molecule has 3 rings (SSSR count). The molecule has 0 fully saturated rings. The van der Waals surface area contributed by atoms with Gasteiger partial charge in [-0.05, 0) is 34.1 Å². The maximum absolute atomic E-state index is 10.0. The summed E-state index contributed by atoms with van der Waals surface area (Å²) in [6.45, 7) is 0. The van der Waals surface area contributed by atoms with Gasteiger partial charge in [0, 0.05) is 15.9 Å². The number of halogens is 1. The molecule has 1 aromatic heterocycles. The Morgan fingerprint density at radius 2 is 1.83 bits per heavy atom. The number of ether oxygens (including phenoxy) is 2. The van der Waals surface area contributed by atoms with Crippen LogP contribution in [0.1, 0.15) is 0 Å². The highest BCUT2D eigenvalue weighted by molar-refractivity contribution is 9.10. The van der Waals surface area contributed by atoms with E-state index in [-0.39, 0.29) is 5.75 Å². The van der Waals surface area contributed by atoms with Gasteiger partial charge in [-0.2, -0.15) is 0 Å². The Balaban J connectivity index is 2.14. The van der Waals surface area contributed by atoms with Crippen LogP contribution in [-0.4, -0.2) is 29.3 Å². The lowest BCUT2D eigenvalue weighted by Crippen LogP contribution is -1.98. The van der Waals surface area contributed by atoms with Crippen LogP contribution in [0.2, 0.25) is 0 Å². The van der Waals surface area contributed by atoms with Crippen LogP contribution in [0, 0.1) is 0 Å². The molecule has 0 saturated carbocycles. The fourth-order valence-corrected chi connectivity index (χ4v) is 2.69. The molecule has 0 atom stereocenters. The number of phenolic OH excluding ortho intramolecular Hbond substituents is 1. The molecule has 3 aromatic rings. The molecule has 0 amide bonds. The Kier molecular flexibility index (Phi) is 4.20. The molecule has 23 heavy (non-hydrogen) atoms. The lowest BCUT2D eigenvalue weighted by atomic mass is 10.2. The van der Waals surface area contributed by atoms with Crippen LogP contribution in [0.25, 0.3) is 10.9 Å². The van der Waals surface area contributed by atoms with Gasteiger partial charge in [0.1, 0.15) is 17.9 Å². The average Bonchev–Trinajstić information content (AvgIpc) is 2.57. The lowest BCUT2D eigenvalue weighted by Gasteiger charge is -2.13. The molecule has 118 valence electrons. The summed E-state index contributed by atoms with van der Waals surface area (Å²) in [6, 6.07) is 8.75. The third-order valence-corrected chi connectivity index (χ3v) is 4.04. The van der Waals surface area contributed by atoms with Crippen molar-refractivity contribution in [1.82, 2.24) is 9.97 Å². The Morgan fingerprint density at radius 1 is 1.09 bits per heavy atom. The molecule has 0 unspecified atom stereocenters. The number of phenols is 1. The maximum atomic E-state index is 10.0. The third-order valence-electron chi connectivity index (χ3n) is 3.38. The Bertz CT molecular complexity index is 850. The molecular weight excluding hydrogens is 362 g/mol. The van der Waals surface area contributed by atoms with Crippen molar-refractivity contribution in [3.05, 3.63) is 41.1 Å². The van der Waals surface area contributed by atoms with E-state index in [9.17, 15) is 5.11 Å². The lowest BCUT2D eigenvalue weighted by molar-refractivity contribution is 0.356. The Hall–Kier alpha value is -2.54. The number of para-hydroxylation sites is 1. The van der Waals surface area contributed by atoms with Crippen molar-refractivity contribution in [3.63, 3.8) is 0 Å². The number of aromatic hydroxyl groups is 1. The second-order valence-electron chi connectivity index (χ2n) is 4.71. The van der Waals surface area contributed by atoms with E-state index in [0.29, 0.717) is 28.5 Å². The van der Waals surface area contributed by atoms with E-state index in [1.165, 1.54) is 6.33 Å². The second-order valence-corrected chi connectivity index (χ2v) is 5.56. The highest BCUT2D eigenvalue weighted by Crippen LogP contribution is 2.37. The van der Waals surface area contributed by atoms with Crippen LogP contribution >= 0.6 is 15.9 Å². The summed E-state index contributed by atoms with van der Waals surface area (Å²) in [7, 11) is 3.14. The number of aromatic nitrogens is 2. The van der Waals surface area contributed by atoms with Crippen LogP contribution in [0.3, 0.4) is 0 Å². The van der Waals surface area contributed by atoms with Crippen molar-refractivity contribution in [2.24, 2.45) is 0 Å². The molecular formula is C16H14BrN3O3. The number of methoxy groups -OCH3 is 2. The zero-order valence-corrected chi connectivity index (χ0v) is 14.1. The first kappa shape index (κ1) is 15.4. The molecule has 0 aliphatic carbocycles. The zero-order chi connectivity index (χ0) is 16.4. The molecule has 0 aliphatic rings. The molecule has 7 heteroatoms. The largest absolute Gasteiger partial charge is 0.506 e. The Morgan fingerprint density at radius 3 is 2.52 bits per heavy atom. The topological polar surface area (TPSA) is 76.5 Å². The zero-order valence-electron chi connectivity index (χ0n) is 12.5. The van der Waals surface area contributed by atoms with Gasteiger partial charge >= 0.3 is 0 Å². The third kappa shape index (κ3) is 2.87. The van der Waals surface area contributed by atoms with Gasteiger partial charge in [0.25, 0.3) is 0 Å². The van der Waals surface area contributed by atoms with Gasteiger partial charge in [-0.25, -0.2) is 9.97 Å². The fraction of sp³-hybridized carbons (Fsp3) is 0.125. The summed E-state index contributed by atoms with van der Waals surface area (Å²) in [4.78, 5) is 8.52. The van der Waals surface area contributed by atoms with Gasteiger partial charge in [0.2, 0.25) is 0 Å². The van der Waals surface area contributed by atoms with E-state index in [2.05, 4.69) is 31.2 Å². The first-order valence-electron chi connectivity index (χ1n) is 6.75. The summed E-state index contributed by atoms with van der Waals surface area (Å²) in [5.74, 6) is 1.84. The van der Waals surface area contributed by atoms with Crippen LogP contribution in [0.4, 0.5) is 11.5 Å². The molecule has 0 radical (unpaired) electrons. The minimum atomic E-state index is 0.117. The van der Waals surface area contributed by atoms with Crippen molar-refractivity contribution in [3.8, 4) is 17.2 Å². The van der Waals surface area contributed by atoms with E-state index in [4.69, 9.17) is 9.47 Å². The number of hydrogen-bond donors (Lipinski definition) is 2. The maximum Gasteiger partial charge on any atom is 0.162 e. The van der Waals surface area contributed by atoms with Crippen molar-refractivity contribution in [2.75, 3.05) is 19.5 Å². The van der Waals surface area contributed by atoms with Crippen molar-refractivity contribution in [2.45, 2.75) is 0 Å². The molecule has 0 aliphatic heterocycles. The van der Waals surface area contributed by atoms with Gasteiger partial charge in [-0.1, -0.05) is 6.07 Å². The summed E-state index contributed by atoms with van der Waals surface area (Å²) in [6.07, 6.45) is 1.45. The summed E-state index contributed by atoms with van der Waals surface area (Å²) in [5, 5.41) is 13.9. The average molecular weight is 376 g/mol. The monoisotopic (exact) mass is 375 g/mol. The molecule has 0 saturated heterocycles. The highest BCUT2D eigenvalue weighted by atomic mass is 79.9. The first-order valence-corrected chi connectivity index (χ1v) is 7.54. The van der Waals surface area contributed by atoms with Crippen LogP contribution in [0.5, 0.6) is 17.2 Å². The highest BCUT2D eigenvalue weighted by Gasteiger charge is 2.13. The smallest absolute Gasteiger partial charge is 0.162 e. The second kappa shape index (κ2) is 6.29. The summed E-state index contributed by atoms with van der Waals surface area (Å²) >= 11 is 3.41. The standard InChI is InChI=1S/C16H14BrN3O3/c1-22-13-6-9-11(7-14(13)23-2)18-8-19-16(9)20-15-10(17)4-3-5-12(15)21/h3-8,21H,1-2H3,(H,18,19,20). The molecule has 2 aromatic carbocycles. The predicted molar refractivity (Wildman–Crippen MR) is 91.7 cm³/mol. The molecule has 0 spiro atoms. The van der Waals surface area contributed by atoms with Gasteiger partial charge in [0.15, 0.2) is 11.5 Å². The minimum Gasteiger partial charge on any atom is -0.506 e. The van der Waals surface area contributed by atoms with E-state index in [1.807, 2.05) is 6.07 Å². The van der Waals surface area contributed by atoms with Gasteiger partial charge in [-0.3, -0.25) is 0 Å². The van der Waals surface area contributed by atoms with E-state index >= 15 is 0 Å². The van der Waals surface area contributed by atoms with Crippen molar-refractivity contribution < 1.29 is 14.6 Å². The first-order chi connectivity index (χ1) is 11.1. The van der Waals surface area contributed by atoms with Crippen molar-refractivity contribution >= 4 is 38.3 Å². The molecule has 2 N–H and O–H groups in total. The molecule has 0 bridgehead atoms. The summed E-state index contributed by atoms with van der Waals surface area (Å²) < 4.78 is 11.3. The number of nitrogens with zero attached hydrogens (tertiary/aromatic N) is 2. The van der Waals surface area contributed by atoms with E-state index in [1.54, 1.807) is 38.5 Å². The van der Waals surface area contributed by atoms with Gasteiger partial charge in [-0.15, -0.1) is 0 Å². The Labute approximate surface area is 141 Å². The minimum absolute atomic E-state index is 0.117. The normalized spacial score (nSPS) is 10.6. The SMILES string of the molecule is COc1cc2ncnc(Nc3c(O)cccc3Br)c2cc1OC. The van der Waals surface area contributed by atoms with Gasteiger partial charge in [0.05, 0.1) is 25.4 Å².